The Labute approximate surface area is 102 Å². The van der Waals surface area contributed by atoms with E-state index in [4.69, 9.17) is 0 Å². The lowest BCUT2D eigenvalue weighted by Gasteiger charge is -2.28. The Bertz CT molecular complexity index is 394. The molecule has 1 aromatic rings. The number of phenolic OH excluding ortho intramolecular Hbond substituents is 1. The fourth-order valence-electron chi connectivity index (χ4n) is 1.56. The minimum absolute atomic E-state index is 0. The van der Waals surface area contributed by atoms with Gasteiger partial charge in [0, 0.05) is 11.6 Å². The number of phenols is 1. The van der Waals surface area contributed by atoms with E-state index in [0.717, 1.165) is 19.0 Å². The molecule has 2 rings (SSSR count). The molecule has 0 amide bonds. The second-order valence-corrected chi connectivity index (χ2v) is 3.56. The summed E-state index contributed by atoms with van der Waals surface area (Å²) in [5, 5.41) is 12.5. The average molecular weight is 270 g/mol. The van der Waals surface area contributed by atoms with Crippen LogP contribution >= 0.6 is 12.4 Å². The van der Waals surface area contributed by atoms with E-state index >= 15 is 0 Å². The maximum atomic E-state index is 12.0. The highest BCUT2D eigenvalue weighted by Gasteiger charge is 2.32. The summed E-state index contributed by atoms with van der Waals surface area (Å²) in [7, 11) is 0. The standard InChI is InChI=1S/C10H10F3NO2.ClH/c11-10(12,13)16-6-1-2-9(15)7(5-6)8-3-4-14-8;/h1-2,5,8,14-15H,3-4H2;1H/t8-;/m1./s1. The summed E-state index contributed by atoms with van der Waals surface area (Å²) < 4.78 is 39.7. The third-order valence-corrected chi connectivity index (χ3v) is 2.43. The molecule has 0 spiro atoms. The molecule has 17 heavy (non-hydrogen) atoms. The van der Waals surface area contributed by atoms with E-state index in [9.17, 15) is 18.3 Å². The van der Waals surface area contributed by atoms with Gasteiger partial charge >= 0.3 is 6.36 Å². The Balaban J connectivity index is 0.00000144. The van der Waals surface area contributed by atoms with Gasteiger partial charge in [-0.05, 0) is 31.2 Å². The van der Waals surface area contributed by atoms with Crippen LogP contribution in [0.5, 0.6) is 11.5 Å². The van der Waals surface area contributed by atoms with Crippen molar-refractivity contribution in [3.63, 3.8) is 0 Å². The summed E-state index contributed by atoms with van der Waals surface area (Å²) in [6, 6.07) is 3.41. The highest BCUT2D eigenvalue weighted by Crippen LogP contribution is 2.34. The molecule has 1 fully saturated rings. The molecular formula is C10H11ClF3NO2. The summed E-state index contributed by atoms with van der Waals surface area (Å²) in [5.74, 6) is -0.333. The van der Waals surface area contributed by atoms with Crippen molar-refractivity contribution in [2.45, 2.75) is 18.8 Å². The van der Waals surface area contributed by atoms with E-state index in [1.165, 1.54) is 12.1 Å². The maximum absolute atomic E-state index is 12.0. The van der Waals surface area contributed by atoms with Crippen molar-refractivity contribution in [2.24, 2.45) is 0 Å². The van der Waals surface area contributed by atoms with Crippen LogP contribution in [0.4, 0.5) is 13.2 Å². The second-order valence-electron chi connectivity index (χ2n) is 3.56. The first-order valence-corrected chi connectivity index (χ1v) is 4.78. The zero-order chi connectivity index (χ0) is 11.8. The van der Waals surface area contributed by atoms with Crippen molar-refractivity contribution in [3.8, 4) is 11.5 Å². The number of rotatable bonds is 2. The minimum atomic E-state index is -4.71. The van der Waals surface area contributed by atoms with Gasteiger partial charge in [0.05, 0.1) is 0 Å². The van der Waals surface area contributed by atoms with E-state index in [0.29, 0.717) is 5.56 Å². The molecule has 1 atom stereocenters. The van der Waals surface area contributed by atoms with Gasteiger partial charge in [-0.2, -0.15) is 0 Å². The zero-order valence-electron chi connectivity index (χ0n) is 8.62. The predicted molar refractivity (Wildman–Crippen MR) is 57.4 cm³/mol. The average Bonchev–Trinajstić information content (AvgIpc) is 2.05. The summed E-state index contributed by atoms with van der Waals surface area (Å²) in [6.07, 6.45) is -3.91. The number of hydrogen-bond donors (Lipinski definition) is 2. The van der Waals surface area contributed by atoms with Crippen molar-refractivity contribution in [1.29, 1.82) is 0 Å². The quantitative estimate of drug-likeness (QED) is 0.867. The smallest absolute Gasteiger partial charge is 0.508 e. The largest absolute Gasteiger partial charge is 0.573 e. The lowest BCUT2D eigenvalue weighted by Crippen LogP contribution is -2.35. The third-order valence-electron chi connectivity index (χ3n) is 2.43. The summed E-state index contributed by atoms with van der Waals surface area (Å²) in [6.45, 7) is 0.800. The number of halogens is 4. The van der Waals surface area contributed by atoms with Gasteiger partial charge in [0.15, 0.2) is 0 Å². The Morgan fingerprint density at radius 3 is 2.47 bits per heavy atom. The van der Waals surface area contributed by atoms with E-state index in [2.05, 4.69) is 10.1 Å². The molecule has 3 nitrogen and oxygen atoms in total. The van der Waals surface area contributed by atoms with Crippen molar-refractivity contribution in [3.05, 3.63) is 23.8 Å². The van der Waals surface area contributed by atoms with Crippen LogP contribution in [-0.4, -0.2) is 18.0 Å². The maximum Gasteiger partial charge on any atom is 0.573 e. The molecule has 1 aromatic carbocycles. The van der Waals surface area contributed by atoms with Gasteiger partial charge in [0.2, 0.25) is 0 Å². The summed E-state index contributed by atoms with van der Waals surface area (Å²) in [4.78, 5) is 0. The van der Waals surface area contributed by atoms with Crippen LogP contribution in [0.3, 0.4) is 0 Å². The molecular weight excluding hydrogens is 259 g/mol. The topological polar surface area (TPSA) is 41.5 Å². The molecule has 0 aliphatic carbocycles. The van der Waals surface area contributed by atoms with E-state index < -0.39 is 6.36 Å². The fourth-order valence-corrected chi connectivity index (χ4v) is 1.56. The molecule has 96 valence electrons. The number of nitrogens with one attached hydrogen (secondary N) is 1. The van der Waals surface area contributed by atoms with E-state index in [1.54, 1.807) is 0 Å². The highest BCUT2D eigenvalue weighted by atomic mass is 35.5. The van der Waals surface area contributed by atoms with Crippen molar-refractivity contribution in [2.75, 3.05) is 6.54 Å². The van der Waals surface area contributed by atoms with Crippen LogP contribution < -0.4 is 10.1 Å². The van der Waals surface area contributed by atoms with Crippen LogP contribution in [0, 0.1) is 0 Å². The number of hydrogen-bond acceptors (Lipinski definition) is 3. The monoisotopic (exact) mass is 269 g/mol. The Morgan fingerprint density at radius 1 is 1.35 bits per heavy atom. The van der Waals surface area contributed by atoms with Gasteiger partial charge in [-0.1, -0.05) is 0 Å². The van der Waals surface area contributed by atoms with E-state index in [1.807, 2.05) is 0 Å². The Morgan fingerprint density at radius 2 is 2.00 bits per heavy atom. The minimum Gasteiger partial charge on any atom is -0.508 e. The summed E-state index contributed by atoms with van der Waals surface area (Å²) >= 11 is 0. The molecule has 7 heteroatoms. The number of benzene rings is 1. The number of alkyl halides is 3. The molecule has 1 heterocycles. The summed E-state index contributed by atoms with van der Waals surface area (Å²) in [5.41, 5.74) is 0.438. The fraction of sp³-hybridized carbons (Fsp3) is 0.400. The molecule has 0 radical (unpaired) electrons. The predicted octanol–water partition coefficient (Wildman–Crippen LogP) is 2.75. The van der Waals surface area contributed by atoms with Gasteiger partial charge in [0.25, 0.3) is 0 Å². The first-order valence-electron chi connectivity index (χ1n) is 4.78. The molecule has 0 unspecified atom stereocenters. The van der Waals surface area contributed by atoms with Crippen molar-refractivity contribution in [1.82, 2.24) is 5.32 Å². The van der Waals surface area contributed by atoms with Crippen LogP contribution in [0.1, 0.15) is 18.0 Å². The van der Waals surface area contributed by atoms with Crippen LogP contribution in [0.15, 0.2) is 18.2 Å². The van der Waals surface area contributed by atoms with Gasteiger partial charge in [-0.3, -0.25) is 0 Å². The van der Waals surface area contributed by atoms with Crippen LogP contribution in [-0.2, 0) is 0 Å². The van der Waals surface area contributed by atoms with Crippen molar-refractivity contribution >= 4 is 12.4 Å². The lowest BCUT2D eigenvalue weighted by atomic mass is 9.97. The van der Waals surface area contributed by atoms with Gasteiger partial charge in [-0.25, -0.2) is 0 Å². The molecule has 0 saturated carbocycles. The van der Waals surface area contributed by atoms with Gasteiger partial charge in [0.1, 0.15) is 11.5 Å². The number of ether oxygens (including phenoxy) is 1. The SMILES string of the molecule is Cl.Oc1ccc(OC(F)(F)F)cc1[C@H]1CCN1. The molecule has 2 N–H and O–H groups in total. The molecule has 1 saturated heterocycles. The highest BCUT2D eigenvalue weighted by molar-refractivity contribution is 5.85. The first kappa shape index (κ1) is 13.9. The van der Waals surface area contributed by atoms with Crippen LogP contribution in [0.2, 0.25) is 0 Å². The Kier molecular flexibility index (Phi) is 4.11. The molecule has 0 aromatic heterocycles. The number of aromatic hydroxyl groups is 1. The van der Waals surface area contributed by atoms with E-state index in [-0.39, 0.29) is 29.9 Å². The molecule has 1 aliphatic rings. The molecule has 0 bridgehead atoms. The Hall–Kier alpha value is -1.14. The van der Waals surface area contributed by atoms with Gasteiger partial charge in [-0.15, -0.1) is 25.6 Å². The third kappa shape index (κ3) is 3.41. The first-order chi connectivity index (χ1) is 7.46. The zero-order valence-corrected chi connectivity index (χ0v) is 9.44. The van der Waals surface area contributed by atoms with Crippen LogP contribution in [0.25, 0.3) is 0 Å². The molecule has 1 aliphatic heterocycles. The van der Waals surface area contributed by atoms with Crippen molar-refractivity contribution < 1.29 is 23.0 Å². The second kappa shape index (κ2) is 5.01. The lowest BCUT2D eigenvalue weighted by molar-refractivity contribution is -0.274. The normalized spacial score (nSPS) is 19.1. The van der Waals surface area contributed by atoms with Gasteiger partial charge < -0.3 is 15.2 Å².